The van der Waals surface area contributed by atoms with Gasteiger partial charge in [0.15, 0.2) is 0 Å². The highest BCUT2D eigenvalue weighted by atomic mass is 16.5. The van der Waals surface area contributed by atoms with E-state index in [2.05, 4.69) is 25.2 Å². The van der Waals surface area contributed by atoms with Gasteiger partial charge in [0, 0.05) is 18.7 Å². The molecule has 0 fully saturated rings. The molecule has 0 aliphatic heterocycles. The van der Waals surface area contributed by atoms with E-state index in [1.54, 1.807) is 0 Å². The molecule has 0 saturated heterocycles. The third kappa shape index (κ3) is 5.71. The molecule has 1 aromatic carbocycles. The first-order valence-corrected chi connectivity index (χ1v) is 6.26. The van der Waals surface area contributed by atoms with E-state index in [0.29, 0.717) is 5.92 Å². The fourth-order valence-electron chi connectivity index (χ4n) is 1.47. The summed E-state index contributed by atoms with van der Waals surface area (Å²) < 4.78 is 5.77. The van der Waals surface area contributed by atoms with Crippen LogP contribution in [-0.2, 0) is 6.54 Å². The predicted octanol–water partition coefficient (Wildman–Crippen LogP) is 2.19. The second kappa shape index (κ2) is 8.09. The van der Waals surface area contributed by atoms with Gasteiger partial charge in [-0.2, -0.15) is 0 Å². The topological polar surface area (TPSA) is 41.5 Å². The van der Waals surface area contributed by atoms with Gasteiger partial charge in [-0.25, -0.2) is 0 Å². The first-order chi connectivity index (χ1) is 8.24. The first-order valence-electron chi connectivity index (χ1n) is 6.26. The van der Waals surface area contributed by atoms with Crippen molar-refractivity contribution in [3.8, 4) is 5.75 Å². The highest BCUT2D eigenvalue weighted by molar-refractivity contribution is 5.33. The fraction of sp³-hybridized carbons (Fsp3) is 0.571. The lowest BCUT2D eigenvalue weighted by molar-refractivity contribution is 0.267. The molecular formula is C14H23NO2. The number of aliphatic hydroxyl groups excluding tert-OH is 1. The zero-order valence-electron chi connectivity index (χ0n) is 10.8. The quantitative estimate of drug-likeness (QED) is 0.681. The van der Waals surface area contributed by atoms with Gasteiger partial charge in [0.25, 0.3) is 0 Å². The SMILES string of the molecule is CC(C)COc1ccccc1CNCCCO. The lowest BCUT2D eigenvalue weighted by Gasteiger charge is -2.13. The maximum absolute atomic E-state index is 8.70. The molecule has 96 valence electrons. The normalized spacial score (nSPS) is 10.8. The van der Waals surface area contributed by atoms with E-state index in [1.807, 2.05) is 18.2 Å². The summed E-state index contributed by atoms with van der Waals surface area (Å²) in [5, 5.41) is 12.0. The Morgan fingerprint density at radius 1 is 1.29 bits per heavy atom. The van der Waals surface area contributed by atoms with Gasteiger partial charge >= 0.3 is 0 Å². The van der Waals surface area contributed by atoms with Crippen LogP contribution in [0.5, 0.6) is 5.75 Å². The third-order valence-corrected chi connectivity index (χ3v) is 2.37. The van der Waals surface area contributed by atoms with Crippen LogP contribution in [0.15, 0.2) is 24.3 Å². The van der Waals surface area contributed by atoms with Gasteiger partial charge in [-0.15, -0.1) is 0 Å². The molecule has 0 aromatic heterocycles. The summed E-state index contributed by atoms with van der Waals surface area (Å²) in [6.45, 7) is 6.87. The van der Waals surface area contributed by atoms with E-state index in [0.717, 1.165) is 31.9 Å². The zero-order valence-corrected chi connectivity index (χ0v) is 10.8. The Kier molecular flexibility index (Phi) is 6.67. The summed E-state index contributed by atoms with van der Waals surface area (Å²) in [5.41, 5.74) is 1.17. The van der Waals surface area contributed by atoms with Crippen LogP contribution in [0.25, 0.3) is 0 Å². The van der Waals surface area contributed by atoms with Crippen molar-refractivity contribution in [3.05, 3.63) is 29.8 Å². The number of aliphatic hydroxyl groups is 1. The number of hydrogen-bond donors (Lipinski definition) is 2. The van der Waals surface area contributed by atoms with Crippen molar-refractivity contribution in [1.29, 1.82) is 0 Å². The standard InChI is InChI=1S/C14H23NO2/c1-12(2)11-17-14-7-4-3-6-13(14)10-15-8-5-9-16/h3-4,6-7,12,15-16H,5,8-11H2,1-2H3. The molecule has 0 aliphatic carbocycles. The monoisotopic (exact) mass is 237 g/mol. The van der Waals surface area contributed by atoms with Gasteiger partial charge in [0.2, 0.25) is 0 Å². The van der Waals surface area contributed by atoms with Crippen molar-refractivity contribution in [1.82, 2.24) is 5.32 Å². The molecule has 1 rings (SSSR count). The summed E-state index contributed by atoms with van der Waals surface area (Å²) in [6.07, 6.45) is 0.787. The van der Waals surface area contributed by atoms with Gasteiger partial charge in [0.05, 0.1) is 6.61 Å². The lowest BCUT2D eigenvalue weighted by Crippen LogP contribution is -2.16. The van der Waals surface area contributed by atoms with Gasteiger partial charge in [-0.3, -0.25) is 0 Å². The largest absolute Gasteiger partial charge is 0.493 e. The molecule has 0 radical (unpaired) electrons. The Morgan fingerprint density at radius 3 is 2.76 bits per heavy atom. The van der Waals surface area contributed by atoms with E-state index < -0.39 is 0 Å². The molecule has 17 heavy (non-hydrogen) atoms. The summed E-state index contributed by atoms with van der Waals surface area (Å²) in [7, 11) is 0. The zero-order chi connectivity index (χ0) is 12.5. The Bertz CT molecular complexity index is 313. The van der Waals surface area contributed by atoms with Crippen LogP contribution in [0.4, 0.5) is 0 Å². The van der Waals surface area contributed by atoms with Crippen LogP contribution in [0, 0.1) is 5.92 Å². The lowest BCUT2D eigenvalue weighted by atomic mass is 10.2. The molecular weight excluding hydrogens is 214 g/mol. The maximum Gasteiger partial charge on any atom is 0.123 e. The van der Waals surface area contributed by atoms with Crippen LogP contribution in [0.1, 0.15) is 25.8 Å². The highest BCUT2D eigenvalue weighted by Crippen LogP contribution is 2.18. The van der Waals surface area contributed by atoms with E-state index in [4.69, 9.17) is 9.84 Å². The molecule has 3 nitrogen and oxygen atoms in total. The maximum atomic E-state index is 8.70. The van der Waals surface area contributed by atoms with Crippen molar-refractivity contribution in [2.75, 3.05) is 19.8 Å². The van der Waals surface area contributed by atoms with Gasteiger partial charge in [-0.05, 0) is 24.9 Å². The predicted molar refractivity (Wildman–Crippen MR) is 70.2 cm³/mol. The van der Waals surface area contributed by atoms with Crippen LogP contribution < -0.4 is 10.1 Å². The summed E-state index contributed by atoms with van der Waals surface area (Å²) in [4.78, 5) is 0. The molecule has 3 heteroatoms. The van der Waals surface area contributed by atoms with Crippen LogP contribution >= 0.6 is 0 Å². The third-order valence-electron chi connectivity index (χ3n) is 2.37. The Labute approximate surface area is 104 Å². The van der Waals surface area contributed by atoms with Crippen molar-refractivity contribution in [3.63, 3.8) is 0 Å². The first kappa shape index (κ1) is 14.0. The minimum absolute atomic E-state index is 0.235. The number of ether oxygens (including phenoxy) is 1. The highest BCUT2D eigenvalue weighted by Gasteiger charge is 2.03. The van der Waals surface area contributed by atoms with E-state index in [1.165, 1.54) is 5.56 Å². The molecule has 0 heterocycles. The van der Waals surface area contributed by atoms with Crippen molar-refractivity contribution in [2.45, 2.75) is 26.8 Å². The molecule has 0 saturated carbocycles. The van der Waals surface area contributed by atoms with Crippen molar-refractivity contribution in [2.24, 2.45) is 5.92 Å². The van der Waals surface area contributed by atoms with Gasteiger partial charge in [0.1, 0.15) is 5.75 Å². The van der Waals surface area contributed by atoms with E-state index >= 15 is 0 Å². The molecule has 0 atom stereocenters. The summed E-state index contributed by atoms with van der Waals surface area (Å²) >= 11 is 0. The minimum atomic E-state index is 0.235. The number of hydrogen-bond acceptors (Lipinski definition) is 3. The average Bonchev–Trinajstić information content (AvgIpc) is 2.33. The second-order valence-corrected chi connectivity index (χ2v) is 4.57. The van der Waals surface area contributed by atoms with Gasteiger partial charge in [-0.1, -0.05) is 32.0 Å². The van der Waals surface area contributed by atoms with Crippen molar-refractivity contribution >= 4 is 0 Å². The smallest absolute Gasteiger partial charge is 0.123 e. The summed E-state index contributed by atoms with van der Waals surface area (Å²) in [6, 6.07) is 8.09. The fourth-order valence-corrected chi connectivity index (χ4v) is 1.47. The Morgan fingerprint density at radius 2 is 2.06 bits per heavy atom. The number of benzene rings is 1. The molecule has 0 bridgehead atoms. The molecule has 2 N–H and O–H groups in total. The molecule has 0 unspecified atom stereocenters. The van der Waals surface area contributed by atoms with E-state index in [9.17, 15) is 0 Å². The summed E-state index contributed by atoms with van der Waals surface area (Å²) in [5.74, 6) is 1.49. The molecule has 0 amide bonds. The number of para-hydroxylation sites is 1. The van der Waals surface area contributed by atoms with E-state index in [-0.39, 0.29) is 6.61 Å². The minimum Gasteiger partial charge on any atom is -0.493 e. The molecule has 1 aromatic rings. The number of nitrogens with one attached hydrogen (secondary N) is 1. The average molecular weight is 237 g/mol. The van der Waals surface area contributed by atoms with Crippen LogP contribution in [0.3, 0.4) is 0 Å². The Hall–Kier alpha value is -1.06. The Balaban J connectivity index is 2.46. The van der Waals surface area contributed by atoms with Gasteiger partial charge < -0.3 is 15.2 Å². The van der Waals surface area contributed by atoms with Crippen LogP contribution in [0.2, 0.25) is 0 Å². The molecule has 0 aliphatic rings. The number of rotatable bonds is 8. The second-order valence-electron chi connectivity index (χ2n) is 4.57. The molecule has 0 spiro atoms. The van der Waals surface area contributed by atoms with Crippen molar-refractivity contribution < 1.29 is 9.84 Å². The van der Waals surface area contributed by atoms with Crippen LogP contribution in [-0.4, -0.2) is 24.9 Å².